The number of nitriles is 1. The summed E-state index contributed by atoms with van der Waals surface area (Å²) in [6.07, 6.45) is 1.71. The van der Waals surface area contributed by atoms with Gasteiger partial charge in [0, 0.05) is 17.6 Å². The lowest BCUT2D eigenvalue weighted by molar-refractivity contribution is 1.14. The summed E-state index contributed by atoms with van der Waals surface area (Å²) in [4.78, 5) is 8.92. The number of hydrogen-bond acceptors (Lipinski definition) is 5. The first-order valence-electron chi connectivity index (χ1n) is 8.11. The monoisotopic (exact) mass is 407 g/mol. The fourth-order valence-electron chi connectivity index (χ4n) is 2.77. The Morgan fingerprint density at radius 3 is 2.27 bits per heavy atom. The van der Waals surface area contributed by atoms with Crippen molar-refractivity contribution in [3.05, 3.63) is 69.3 Å². The van der Waals surface area contributed by atoms with Gasteiger partial charge in [-0.15, -0.1) is 0 Å². The fraction of sp³-hybridized carbons (Fsp3) is 0.150. The van der Waals surface area contributed by atoms with Crippen molar-refractivity contribution in [3.63, 3.8) is 0 Å². The molecule has 0 radical (unpaired) electrons. The van der Waals surface area contributed by atoms with E-state index in [-0.39, 0.29) is 0 Å². The van der Waals surface area contributed by atoms with Gasteiger partial charge in [0.25, 0.3) is 0 Å². The number of nitrogens with one attached hydrogen (secondary N) is 2. The van der Waals surface area contributed by atoms with E-state index in [1.54, 1.807) is 18.3 Å². The molecule has 0 saturated carbocycles. The Morgan fingerprint density at radius 1 is 1.00 bits per heavy atom. The van der Waals surface area contributed by atoms with E-state index < -0.39 is 0 Å². The van der Waals surface area contributed by atoms with Crippen LogP contribution in [-0.4, -0.2) is 9.97 Å². The van der Waals surface area contributed by atoms with Crippen molar-refractivity contribution in [2.75, 3.05) is 10.6 Å². The smallest absolute Gasteiger partial charge is 0.229 e. The van der Waals surface area contributed by atoms with Gasteiger partial charge in [-0.05, 0) is 72.1 Å². The zero-order valence-electron chi connectivity index (χ0n) is 14.8. The molecule has 2 aromatic carbocycles. The van der Waals surface area contributed by atoms with E-state index >= 15 is 0 Å². The molecule has 26 heavy (non-hydrogen) atoms. The third kappa shape index (κ3) is 4.01. The van der Waals surface area contributed by atoms with Crippen LogP contribution in [0.15, 0.2) is 47.1 Å². The maximum Gasteiger partial charge on any atom is 0.229 e. The highest BCUT2D eigenvalue weighted by Gasteiger charge is 2.09. The summed E-state index contributed by atoms with van der Waals surface area (Å²) in [6.45, 7) is 6.22. The number of nitrogens with zero attached hydrogens (tertiary/aromatic N) is 3. The molecule has 3 aromatic rings. The lowest BCUT2D eigenvalue weighted by atomic mass is 10.1. The second-order valence-corrected chi connectivity index (χ2v) is 6.96. The van der Waals surface area contributed by atoms with E-state index in [0.29, 0.717) is 17.3 Å². The van der Waals surface area contributed by atoms with Crippen LogP contribution in [0, 0.1) is 32.1 Å². The Morgan fingerprint density at radius 2 is 1.65 bits per heavy atom. The van der Waals surface area contributed by atoms with Gasteiger partial charge in [-0.1, -0.05) is 17.7 Å². The number of benzene rings is 2. The first-order valence-corrected chi connectivity index (χ1v) is 8.90. The fourth-order valence-corrected chi connectivity index (χ4v) is 3.06. The highest BCUT2D eigenvalue weighted by Crippen LogP contribution is 2.28. The Balaban J connectivity index is 1.87. The zero-order valence-corrected chi connectivity index (χ0v) is 16.3. The number of rotatable bonds is 4. The van der Waals surface area contributed by atoms with Crippen LogP contribution in [0.4, 0.5) is 23.1 Å². The summed E-state index contributed by atoms with van der Waals surface area (Å²) >= 11 is 3.47. The van der Waals surface area contributed by atoms with Crippen molar-refractivity contribution in [1.82, 2.24) is 9.97 Å². The molecule has 0 aliphatic heterocycles. The van der Waals surface area contributed by atoms with E-state index in [0.717, 1.165) is 27.0 Å². The Hall–Kier alpha value is -2.91. The van der Waals surface area contributed by atoms with Gasteiger partial charge in [-0.2, -0.15) is 10.2 Å². The van der Waals surface area contributed by atoms with Crippen LogP contribution in [0.2, 0.25) is 0 Å². The van der Waals surface area contributed by atoms with Crippen molar-refractivity contribution >= 4 is 39.1 Å². The normalized spacial score (nSPS) is 10.3. The van der Waals surface area contributed by atoms with Crippen molar-refractivity contribution < 1.29 is 0 Å². The van der Waals surface area contributed by atoms with Crippen molar-refractivity contribution in [1.29, 1.82) is 5.26 Å². The number of aromatic nitrogens is 2. The maximum atomic E-state index is 8.89. The summed E-state index contributed by atoms with van der Waals surface area (Å²) in [5.74, 6) is 1.16. The SMILES string of the molecule is Cc1cc(C)c(Nc2ncc(Br)c(Nc3ccc(C#N)cc3)n2)c(C)c1. The van der Waals surface area contributed by atoms with Crippen LogP contribution in [0.1, 0.15) is 22.3 Å². The lowest BCUT2D eigenvalue weighted by Gasteiger charge is -2.14. The minimum Gasteiger partial charge on any atom is -0.339 e. The topological polar surface area (TPSA) is 73.6 Å². The molecule has 130 valence electrons. The number of hydrogen-bond donors (Lipinski definition) is 2. The van der Waals surface area contributed by atoms with Gasteiger partial charge in [0.15, 0.2) is 0 Å². The molecule has 1 heterocycles. The molecule has 0 bridgehead atoms. The molecule has 3 rings (SSSR count). The van der Waals surface area contributed by atoms with Crippen LogP contribution in [0.25, 0.3) is 0 Å². The van der Waals surface area contributed by atoms with Crippen LogP contribution < -0.4 is 10.6 Å². The van der Waals surface area contributed by atoms with Gasteiger partial charge in [-0.25, -0.2) is 4.98 Å². The maximum absolute atomic E-state index is 8.89. The molecule has 0 amide bonds. The Bertz CT molecular complexity index is 967. The van der Waals surface area contributed by atoms with Crippen LogP contribution in [-0.2, 0) is 0 Å². The van der Waals surface area contributed by atoms with Crippen molar-refractivity contribution in [2.45, 2.75) is 20.8 Å². The molecule has 0 unspecified atom stereocenters. The minimum atomic E-state index is 0.513. The van der Waals surface area contributed by atoms with E-state index in [1.807, 2.05) is 12.1 Å². The average Bonchev–Trinajstić information content (AvgIpc) is 2.61. The summed E-state index contributed by atoms with van der Waals surface area (Å²) in [5.41, 5.74) is 6.00. The average molecular weight is 408 g/mol. The summed E-state index contributed by atoms with van der Waals surface area (Å²) < 4.78 is 0.754. The molecular formula is C20H18BrN5. The molecule has 0 atom stereocenters. The van der Waals surface area contributed by atoms with E-state index in [2.05, 4.69) is 75.5 Å². The van der Waals surface area contributed by atoms with Gasteiger partial charge in [-0.3, -0.25) is 0 Å². The van der Waals surface area contributed by atoms with Crippen LogP contribution in [0.3, 0.4) is 0 Å². The summed E-state index contributed by atoms with van der Waals surface area (Å²) in [7, 11) is 0. The highest BCUT2D eigenvalue weighted by atomic mass is 79.9. The molecule has 5 nitrogen and oxygen atoms in total. The standard InChI is InChI=1S/C20H18BrN5/c1-12-8-13(2)18(14(3)9-12)25-20-23-11-17(21)19(26-20)24-16-6-4-15(10-22)5-7-16/h4-9,11H,1-3H3,(H2,23,24,25,26). The third-order valence-electron chi connectivity index (χ3n) is 3.93. The second-order valence-electron chi connectivity index (χ2n) is 6.10. The molecule has 2 N–H and O–H groups in total. The Labute approximate surface area is 161 Å². The predicted molar refractivity (Wildman–Crippen MR) is 108 cm³/mol. The molecule has 0 aliphatic carbocycles. The predicted octanol–water partition coefficient (Wildman–Crippen LogP) is 5.52. The minimum absolute atomic E-state index is 0.513. The van der Waals surface area contributed by atoms with Gasteiger partial charge >= 0.3 is 0 Å². The number of halogens is 1. The molecule has 0 fully saturated rings. The lowest BCUT2D eigenvalue weighted by Crippen LogP contribution is -2.04. The molecule has 6 heteroatoms. The first kappa shape index (κ1) is 17.9. The zero-order chi connectivity index (χ0) is 18.7. The summed E-state index contributed by atoms with van der Waals surface area (Å²) in [5, 5.41) is 15.4. The first-order chi connectivity index (χ1) is 12.5. The molecule has 0 saturated heterocycles. The van der Waals surface area contributed by atoms with Crippen molar-refractivity contribution in [2.24, 2.45) is 0 Å². The van der Waals surface area contributed by atoms with E-state index in [1.165, 1.54) is 5.56 Å². The molecule has 0 spiro atoms. The van der Waals surface area contributed by atoms with E-state index in [9.17, 15) is 0 Å². The quantitative estimate of drug-likeness (QED) is 0.595. The van der Waals surface area contributed by atoms with Gasteiger partial charge in [0.1, 0.15) is 5.82 Å². The van der Waals surface area contributed by atoms with Crippen LogP contribution >= 0.6 is 15.9 Å². The summed E-state index contributed by atoms with van der Waals surface area (Å²) in [6, 6.07) is 13.6. The van der Waals surface area contributed by atoms with E-state index in [4.69, 9.17) is 5.26 Å². The molecule has 1 aromatic heterocycles. The second kappa shape index (κ2) is 7.54. The number of aryl methyl sites for hydroxylation is 3. The van der Waals surface area contributed by atoms with Gasteiger partial charge in [0.2, 0.25) is 5.95 Å². The molecule has 0 aliphatic rings. The van der Waals surface area contributed by atoms with Crippen LogP contribution in [0.5, 0.6) is 0 Å². The Kier molecular flexibility index (Phi) is 5.19. The third-order valence-corrected chi connectivity index (χ3v) is 4.51. The molecular weight excluding hydrogens is 390 g/mol. The van der Waals surface area contributed by atoms with Gasteiger partial charge < -0.3 is 10.6 Å². The highest BCUT2D eigenvalue weighted by molar-refractivity contribution is 9.10. The van der Waals surface area contributed by atoms with Gasteiger partial charge in [0.05, 0.1) is 16.1 Å². The largest absolute Gasteiger partial charge is 0.339 e. The number of anilines is 4. The van der Waals surface area contributed by atoms with Crippen molar-refractivity contribution in [3.8, 4) is 6.07 Å².